The molecule has 5 heteroatoms. The van der Waals surface area contributed by atoms with Crippen LogP contribution in [0.2, 0.25) is 0 Å². The van der Waals surface area contributed by atoms with Crippen molar-refractivity contribution >= 4 is 11.0 Å². The van der Waals surface area contributed by atoms with Gasteiger partial charge in [-0.05, 0) is 25.0 Å². The summed E-state index contributed by atoms with van der Waals surface area (Å²) < 4.78 is 1.60. The van der Waals surface area contributed by atoms with Crippen molar-refractivity contribution in [3.8, 4) is 11.3 Å². The number of hydrogen-bond acceptors (Lipinski definition) is 4. The SMILES string of the molecule is CCCCCC(O)n1cc(-c2cnc3ccccc3n2)cn1. The maximum atomic E-state index is 10.1. The first kappa shape index (κ1) is 14.7. The van der Waals surface area contributed by atoms with Gasteiger partial charge >= 0.3 is 0 Å². The summed E-state index contributed by atoms with van der Waals surface area (Å²) in [7, 11) is 0. The van der Waals surface area contributed by atoms with Crippen molar-refractivity contribution in [1.29, 1.82) is 0 Å². The summed E-state index contributed by atoms with van der Waals surface area (Å²) in [5, 5.41) is 14.4. The molecule has 0 saturated heterocycles. The molecule has 3 rings (SSSR count). The van der Waals surface area contributed by atoms with Crippen LogP contribution in [0.3, 0.4) is 0 Å². The van der Waals surface area contributed by atoms with E-state index in [0.29, 0.717) is 0 Å². The highest BCUT2D eigenvalue weighted by Gasteiger charge is 2.10. The molecule has 0 aliphatic carbocycles. The van der Waals surface area contributed by atoms with Crippen LogP contribution in [0.15, 0.2) is 42.9 Å². The fourth-order valence-electron chi connectivity index (χ4n) is 2.44. The van der Waals surface area contributed by atoms with Gasteiger partial charge in [-0.25, -0.2) is 9.67 Å². The molecule has 0 radical (unpaired) electrons. The van der Waals surface area contributed by atoms with E-state index in [-0.39, 0.29) is 0 Å². The van der Waals surface area contributed by atoms with Crippen LogP contribution < -0.4 is 0 Å². The third kappa shape index (κ3) is 3.14. The average Bonchev–Trinajstić information content (AvgIpc) is 3.04. The highest BCUT2D eigenvalue weighted by Crippen LogP contribution is 2.20. The second kappa shape index (κ2) is 6.66. The van der Waals surface area contributed by atoms with Gasteiger partial charge in [-0.3, -0.25) is 4.98 Å². The lowest BCUT2D eigenvalue weighted by Gasteiger charge is -2.10. The van der Waals surface area contributed by atoms with Gasteiger partial charge in [-0.2, -0.15) is 5.10 Å². The van der Waals surface area contributed by atoms with Gasteiger partial charge in [-0.15, -0.1) is 0 Å². The zero-order chi connectivity index (χ0) is 15.4. The Hall–Kier alpha value is -2.27. The summed E-state index contributed by atoms with van der Waals surface area (Å²) in [6.45, 7) is 2.15. The molecule has 3 aromatic rings. The molecule has 114 valence electrons. The number of aromatic nitrogens is 4. The summed E-state index contributed by atoms with van der Waals surface area (Å²) in [6.07, 6.45) is 8.71. The summed E-state index contributed by atoms with van der Waals surface area (Å²) in [4.78, 5) is 9.01. The van der Waals surface area contributed by atoms with E-state index in [4.69, 9.17) is 0 Å². The van der Waals surface area contributed by atoms with Crippen LogP contribution in [0.5, 0.6) is 0 Å². The lowest BCUT2D eigenvalue weighted by atomic mass is 10.2. The predicted octanol–water partition coefficient (Wildman–Crippen LogP) is 3.56. The Balaban J connectivity index is 1.79. The van der Waals surface area contributed by atoms with Crippen LogP contribution >= 0.6 is 0 Å². The minimum absolute atomic E-state index is 0.575. The number of aliphatic hydroxyl groups is 1. The summed E-state index contributed by atoms with van der Waals surface area (Å²) in [6, 6.07) is 7.77. The van der Waals surface area contributed by atoms with E-state index >= 15 is 0 Å². The molecule has 2 aromatic heterocycles. The Bertz CT molecular complexity index is 753. The van der Waals surface area contributed by atoms with Crippen molar-refractivity contribution in [3.63, 3.8) is 0 Å². The molecular formula is C17H20N4O. The Labute approximate surface area is 129 Å². The van der Waals surface area contributed by atoms with Crippen molar-refractivity contribution in [1.82, 2.24) is 19.7 Å². The molecular weight excluding hydrogens is 276 g/mol. The second-order valence-corrected chi connectivity index (χ2v) is 5.43. The molecule has 0 aliphatic rings. The standard InChI is InChI=1S/C17H20N4O/c1-2-3-4-9-17(22)21-12-13(10-19-21)16-11-18-14-7-5-6-8-15(14)20-16/h5-8,10-12,17,22H,2-4,9H2,1H3. The highest BCUT2D eigenvalue weighted by molar-refractivity contribution is 5.76. The van der Waals surface area contributed by atoms with E-state index in [9.17, 15) is 5.11 Å². The van der Waals surface area contributed by atoms with E-state index in [0.717, 1.165) is 48.0 Å². The second-order valence-electron chi connectivity index (χ2n) is 5.43. The molecule has 22 heavy (non-hydrogen) atoms. The lowest BCUT2D eigenvalue weighted by molar-refractivity contribution is 0.0787. The van der Waals surface area contributed by atoms with Gasteiger partial charge in [-0.1, -0.05) is 31.9 Å². The summed E-state index contributed by atoms with van der Waals surface area (Å²) >= 11 is 0. The minimum Gasteiger partial charge on any atom is -0.372 e. The van der Waals surface area contributed by atoms with Crippen molar-refractivity contribution in [2.45, 2.75) is 38.8 Å². The number of fused-ring (bicyclic) bond motifs is 1. The zero-order valence-electron chi connectivity index (χ0n) is 12.7. The smallest absolute Gasteiger partial charge is 0.147 e. The van der Waals surface area contributed by atoms with Crippen LogP contribution in [0.25, 0.3) is 22.3 Å². The van der Waals surface area contributed by atoms with Crippen molar-refractivity contribution in [2.24, 2.45) is 0 Å². The maximum Gasteiger partial charge on any atom is 0.147 e. The Morgan fingerprint density at radius 2 is 1.95 bits per heavy atom. The largest absolute Gasteiger partial charge is 0.372 e. The first-order valence-corrected chi connectivity index (χ1v) is 7.72. The monoisotopic (exact) mass is 296 g/mol. The first-order chi connectivity index (χ1) is 10.8. The molecule has 0 fully saturated rings. The third-order valence-electron chi connectivity index (χ3n) is 3.72. The number of rotatable bonds is 6. The minimum atomic E-state index is -0.575. The van der Waals surface area contributed by atoms with E-state index in [2.05, 4.69) is 22.0 Å². The number of hydrogen-bond donors (Lipinski definition) is 1. The van der Waals surface area contributed by atoms with Gasteiger partial charge in [0.05, 0.1) is 29.1 Å². The fraction of sp³-hybridized carbons (Fsp3) is 0.353. The molecule has 1 aromatic carbocycles. The van der Waals surface area contributed by atoms with E-state index in [1.165, 1.54) is 0 Å². The van der Waals surface area contributed by atoms with Gasteiger partial charge in [0.15, 0.2) is 0 Å². The number of nitrogens with zero attached hydrogens (tertiary/aromatic N) is 4. The Kier molecular flexibility index (Phi) is 4.44. The van der Waals surface area contributed by atoms with Crippen molar-refractivity contribution in [2.75, 3.05) is 0 Å². The van der Waals surface area contributed by atoms with Crippen LogP contribution in [0.4, 0.5) is 0 Å². The number of unbranched alkanes of at least 4 members (excludes halogenated alkanes) is 2. The first-order valence-electron chi connectivity index (χ1n) is 7.72. The van der Waals surface area contributed by atoms with Crippen molar-refractivity contribution < 1.29 is 5.11 Å². The molecule has 1 atom stereocenters. The molecule has 0 aliphatic heterocycles. The lowest BCUT2D eigenvalue weighted by Crippen LogP contribution is -2.08. The predicted molar refractivity (Wildman–Crippen MR) is 86.2 cm³/mol. The van der Waals surface area contributed by atoms with Crippen LogP contribution in [0, 0.1) is 0 Å². The molecule has 5 nitrogen and oxygen atoms in total. The molecule has 0 spiro atoms. The maximum absolute atomic E-state index is 10.1. The normalized spacial score (nSPS) is 12.6. The molecule has 1 N–H and O–H groups in total. The summed E-state index contributed by atoms with van der Waals surface area (Å²) in [5.41, 5.74) is 3.37. The van der Waals surface area contributed by atoms with Gasteiger partial charge in [0.25, 0.3) is 0 Å². The number of aliphatic hydroxyl groups excluding tert-OH is 1. The Morgan fingerprint density at radius 3 is 2.77 bits per heavy atom. The van der Waals surface area contributed by atoms with Gasteiger partial charge in [0, 0.05) is 11.8 Å². The van der Waals surface area contributed by atoms with E-state index < -0.39 is 6.23 Å². The molecule has 0 amide bonds. The molecule has 1 unspecified atom stereocenters. The Morgan fingerprint density at radius 1 is 1.14 bits per heavy atom. The molecule has 2 heterocycles. The zero-order valence-corrected chi connectivity index (χ0v) is 12.7. The van der Waals surface area contributed by atoms with E-state index in [1.54, 1.807) is 17.1 Å². The van der Waals surface area contributed by atoms with E-state index in [1.807, 2.05) is 30.5 Å². The fourth-order valence-corrected chi connectivity index (χ4v) is 2.44. The van der Waals surface area contributed by atoms with Crippen molar-refractivity contribution in [3.05, 3.63) is 42.9 Å². The third-order valence-corrected chi connectivity index (χ3v) is 3.72. The van der Waals surface area contributed by atoms with Crippen LogP contribution in [-0.4, -0.2) is 24.9 Å². The summed E-state index contributed by atoms with van der Waals surface area (Å²) in [5.74, 6) is 0. The molecule has 0 bridgehead atoms. The van der Waals surface area contributed by atoms with Crippen LogP contribution in [-0.2, 0) is 0 Å². The molecule has 0 saturated carbocycles. The average molecular weight is 296 g/mol. The van der Waals surface area contributed by atoms with Crippen LogP contribution in [0.1, 0.15) is 38.8 Å². The number of para-hydroxylation sites is 2. The van der Waals surface area contributed by atoms with Gasteiger partial charge in [0.2, 0.25) is 0 Å². The quantitative estimate of drug-likeness (QED) is 0.706. The topological polar surface area (TPSA) is 63.8 Å². The van der Waals surface area contributed by atoms with Gasteiger partial charge < -0.3 is 5.11 Å². The van der Waals surface area contributed by atoms with Gasteiger partial charge in [0.1, 0.15) is 6.23 Å². The highest BCUT2D eigenvalue weighted by atomic mass is 16.3. The number of benzene rings is 1.